The molecule has 1 atom stereocenters. The first-order chi connectivity index (χ1) is 18.9. The molecule has 206 valence electrons. The number of aromatic nitrogens is 1. The minimum atomic E-state index is -0.585. The zero-order valence-corrected chi connectivity index (χ0v) is 22.8. The lowest BCUT2D eigenvalue weighted by Crippen LogP contribution is -2.50. The predicted molar refractivity (Wildman–Crippen MR) is 150 cm³/mol. The maximum atomic E-state index is 13.4. The first-order valence-electron chi connectivity index (χ1n) is 14.2. The quantitative estimate of drug-likeness (QED) is 0.527. The molecule has 3 fully saturated rings. The van der Waals surface area contributed by atoms with Crippen LogP contribution in [-0.2, 0) is 16.0 Å². The lowest BCUT2D eigenvalue weighted by Gasteiger charge is -2.38. The van der Waals surface area contributed by atoms with Crippen LogP contribution in [0.4, 0.5) is 4.79 Å². The van der Waals surface area contributed by atoms with E-state index in [1.807, 2.05) is 17.0 Å². The van der Waals surface area contributed by atoms with Gasteiger partial charge in [0.05, 0.1) is 17.3 Å². The summed E-state index contributed by atoms with van der Waals surface area (Å²) in [6.07, 6.45) is 8.44. The third-order valence-corrected chi connectivity index (χ3v) is 8.40. The summed E-state index contributed by atoms with van der Waals surface area (Å²) < 4.78 is 0. The van der Waals surface area contributed by atoms with E-state index in [4.69, 9.17) is 5.73 Å². The Labute approximate surface area is 230 Å². The Kier molecular flexibility index (Phi) is 8.29. The number of likely N-dealkylation sites (tertiary alicyclic amines) is 2. The molecule has 2 aromatic rings. The van der Waals surface area contributed by atoms with Crippen LogP contribution in [0, 0.1) is 11.8 Å². The first kappa shape index (κ1) is 26.9. The summed E-state index contributed by atoms with van der Waals surface area (Å²) in [4.78, 5) is 47.3. The van der Waals surface area contributed by atoms with Crippen molar-refractivity contribution in [3.05, 3.63) is 71.1 Å². The highest BCUT2D eigenvalue weighted by Crippen LogP contribution is 2.42. The molecule has 1 aliphatic carbocycles. The summed E-state index contributed by atoms with van der Waals surface area (Å²) in [5, 5.41) is 2.98. The molecular formula is C31H39N5O3. The zero-order chi connectivity index (χ0) is 27.4. The van der Waals surface area contributed by atoms with E-state index in [1.165, 1.54) is 5.56 Å². The molecule has 8 nitrogen and oxygen atoms in total. The second-order valence-electron chi connectivity index (χ2n) is 11.2. The summed E-state index contributed by atoms with van der Waals surface area (Å²) in [5.74, 6) is 0.288. The number of hydrogen-bond donors (Lipinski definition) is 2. The monoisotopic (exact) mass is 529 g/mol. The van der Waals surface area contributed by atoms with E-state index in [9.17, 15) is 14.4 Å². The number of carbonyl (C=O) groups excluding carboxylic acids is 3. The van der Waals surface area contributed by atoms with E-state index >= 15 is 0 Å². The lowest BCUT2D eigenvalue weighted by atomic mass is 9.89. The van der Waals surface area contributed by atoms with Gasteiger partial charge in [0.25, 0.3) is 0 Å². The van der Waals surface area contributed by atoms with Gasteiger partial charge in [0, 0.05) is 49.4 Å². The number of carbonyl (C=O) groups is 3. The summed E-state index contributed by atoms with van der Waals surface area (Å²) in [6.45, 7) is 4.12. The minimum absolute atomic E-state index is 0.151. The Bertz CT molecular complexity index is 1230. The Morgan fingerprint density at radius 2 is 1.69 bits per heavy atom. The third-order valence-electron chi connectivity index (χ3n) is 8.40. The maximum absolute atomic E-state index is 13.4. The fourth-order valence-corrected chi connectivity index (χ4v) is 5.91. The van der Waals surface area contributed by atoms with E-state index in [1.54, 1.807) is 24.1 Å². The van der Waals surface area contributed by atoms with Gasteiger partial charge in [-0.1, -0.05) is 30.3 Å². The van der Waals surface area contributed by atoms with Crippen LogP contribution in [0.1, 0.15) is 68.2 Å². The van der Waals surface area contributed by atoms with Gasteiger partial charge in [-0.15, -0.1) is 0 Å². The number of urea groups is 1. The van der Waals surface area contributed by atoms with E-state index in [-0.39, 0.29) is 17.9 Å². The van der Waals surface area contributed by atoms with Crippen molar-refractivity contribution in [2.45, 2.75) is 57.8 Å². The second-order valence-corrected chi connectivity index (χ2v) is 11.2. The van der Waals surface area contributed by atoms with Crippen LogP contribution >= 0.6 is 0 Å². The van der Waals surface area contributed by atoms with Crippen molar-refractivity contribution in [2.24, 2.45) is 17.6 Å². The molecule has 3 heterocycles. The molecule has 1 aromatic heterocycles. The average molecular weight is 530 g/mol. The minimum Gasteiger partial charge on any atom is -0.366 e. The summed E-state index contributed by atoms with van der Waals surface area (Å²) >= 11 is 0. The van der Waals surface area contributed by atoms with E-state index in [2.05, 4.69) is 34.6 Å². The SMILES string of the molecule is C/C(C(N)=O)=C(/NC(=O)N1CCCC(C(=O)N2CCC(Cc3ccccc3)CC2)C1)c1cccnc1C1CC1. The lowest BCUT2D eigenvalue weighted by molar-refractivity contribution is -0.138. The molecule has 1 unspecified atom stereocenters. The van der Waals surface area contributed by atoms with Crippen LogP contribution in [0.3, 0.4) is 0 Å². The number of nitrogens with two attached hydrogens (primary N) is 1. The van der Waals surface area contributed by atoms with E-state index in [0.717, 1.165) is 69.3 Å². The third kappa shape index (κ3) is 6.49. The number of primary amides is 1. The second kappa shape index (κ2) is 12.0. The van der Waals surface area contributed by atoms with Crippen LogP contribution in [0.5, 0.6) is 0 Å². The van der Waals surface area contributed by atoms with Gasteiger partial charge in [-0.25, -0.2) is 4.79 Å². The van der Waals surface area contributed by atoms with Crippen LogP contribution in [-0.4, -0.2) is 58.8 Å². The van der Waals surface area contributed by atoms with Crippen LogP contribution < -0.4 is 11.1 Å². The van der Waals surface area contributed by atoms with Crippen molar-refractivity contribution in [2.75, 3.05) is 26.2 Å². The smallest absolute Gasteiger partial charge is 0.321 e. The highest BCUT2D eigenvalue weighted by atomic mass is 16.2. The Morgan fingerprint density at radius 1 is 0.949 bits per heavy atom. The normalized spacial score (nSPS) is 20.8. The van der Waals surface area contributed by atoms with Crippen LogP contribution in [0.2, 0.25) is 0 Å². The molecular weight excluding hydrogens is 490 g/mol. The van der Waals surface area contributed by atoms with E-state index in [0.29, 0.717) is 36.2 Å². The molecule has 8 heteroatoms. The largest absolute Gasteiger partial charge is 0.366 e. The van der Waals surface area contributed by atoms with E-state index < -0.39 is 5.91 Å². The Morgan fingerprint density at radius 3 is 2.38 bits per heavy atom. The summed E-state index contributed by atoms with van der Waals surface area (Å²) in [7, 11) is 0. The highest BCUT2D eigenvalue weighted by Gasteiger charge is 2.34. The molecule has 0 radical (unpaired) electrons. The molecule has 1 aromatic carbocycles. The first-order valence-corrected chi connectivity index (χ1v) is 14.2. The number of rotatable bonds is 7. The predicted octanol–water partition coefficient (Wildman–Crippen LogP) is 4.08. The maximum Gasteiger partial charge on any atom is 0.321 e. The Balaban J connectivity index is 1.21. The van der Waals surface area contributed by atoms with Crippen LogP contribution in [0.15, 0.2) is 54.2 Å². The number of hydrogen-bond acceptors (Lipinski definition) is 4. The molecule has 39 heavy (non-hydrogen) atoms. The molecule has 3 N–H and O–H groups in total. The van der Waals surface area contributed by atoms with Crippen molar-refractivity contribution < 1.29 is 14.4 Å². The molecule has 4 amide bonds. The van der Waals surface area contributed by atoms with Crippen molar-refractivity contribution in [1.29, 1.82) is 0 Å². The van der Waals surface area contributed by atoms with Gasteiger partial charge >= 0.3 is 6.03 Å². The van der Waals surface area contributed by atoms with Crippen molar-refractivity contribution >= 4 is 23.5 Å². The van der Waals surface area contributed by atoms with Gasteiger partial charge in [0.1, 0.15) is 0 Å². The van der Waals surface area contributed by atoms with Gasteiger partial charge in [0.15, 0.2) is 0 Å². The summed E-state index contributed by atoms with van der Waals surface area (Å²) in [5.41, 5.74) is 9.32. The zero-order valence-electron chi connectivity index (χ0n) is 22.8. The van der Waals surface area contributed by atoms with Gasteiger partial charge in [0.2, 0.25) is 11.8 Å². The molecule has 5 rings (SSSR count). The van der Waals surface area contributed by atoms with Crippen molar-refractivity contribution in [3.63, 3.8) is 0 Å². The molecule has 2 saturated heterocycles. The molecule has 1 saturated carbocycles. The van der Waals surface area contributed by atoms with Crippen LogP contribution in [0.25, 0.3) is 5.70 Å². The number of nitrogens with one attached hydrogen (secondary N) is 1. The van der Waals surface area contributed by atoms with Gasteiger partial charge in [-0.05, 0) is 75.5 Å². The molecule has 0 spiro atoms. The van der Waals surface area contributed by atoms with Gasteiger partial charge in [-0.2, -0.15) is 0 Å². The Hall–Kier alpha value is -3.68. The number of benzene rings is 1. The molecule has 0 bridgehead atoms. The number of nitrogens with zero attached hydrogens (tertiary/aromatic N) is 3. The number of amides is 4. The average Bonchev–Trinajstić information content (AvgIpc) is 3.82. The van der Waals surface area contributed by atoms with Crippen molar-refractivity contribution in [3.8, 4) is 0 Å². The highest BCUT2D eigenvalue weighted by molar-refractivity contribution is 6.02. The number of piperidine rings is 2. The fourth-order valence-electron chi connectivity index (χ4n) is 5.91. The number of pyridine rings is 1. The fraction of sp³-hybridized carbons (Fsp3) is 0.484. The summed E-state index contributed by atoms with van der Waals surface area (Å²) in [6, 6.07) is 13.9. The van der Waals surface area contributed by atoms with Gasteiger partial charge < -0.3 is 20.9 Å². The van der Waals surface area contributed by atoms with Crippen molar-refractivity contribution in [1.82, 2.24) is 20.1 Å². The molecule has 2 aliphatic heterocycles. The standard InChI is InChI=1S/C31H39N5O3/c1-21(29(32)37)27(26-10-5-15-33-28(26)24-11-12-24)34-31(39)36-16-6-9-25(20-36)30(38)35-17-13-23(14-18-35)19-22-7-3-2-4-8-22/h2-5,7-8,10,15,23-25H,6,9,11-14,16-20H2,1H3,(H2,32,37)(H,34,39)/b27-21-. The topological polar surface area (TPSA) is 109 Å². The van der Waals surface area contributed by atoms with Gasteiger partial charge in [-0.3, -0.25) is 14.6 Å². The molecule has 3 aliphatic rings.